The van der Waals surface area contributed by atoms with Crippen LogP contribution in [-0.4, -0.2) is 23.1 Å². The fourth-order valence-corrected chi connectivity index (χ4v) is 3.21. The lowest BCUT2D eigenvalue weighted by molar-refractivity contribution is 0.0650. The van der Waals surface area contributed by atoms with Gasteiger partial charge < -0.3 is 9.64 Å². The summed E-state index contributed by atoms with van der Waals surface area (Å²) in [4.78, 5) is 14.1. The third-order valence-electron chi connectivity index (χ3n) is 4.11. The summed E-state index contributed by atoms with van der Waals surface area (Å²) in [6.45, 7) is 0.385. The molecule has 0 aromatic heterocycles. The van der Waals surface area contributed by atoms with Gasteiger partial charge in [0.15, 0.2) is 0 Å². The van der Waals surface area contributed by atoms with Crippen molar-refractivity contribution in [2.45, 2.75) is 50.8 Å². The van der Waals surface area contributed by atoms with E-state index in [0.717, 1.165) is 31.2 Å². The first-order valence-corrected chi connectivity index (χ1v) is 6.83. The van der Waals surface area contributed by atoms with Gasteiger partial charge in [0.25, 0.3) is 0 Å². The van der Waals surface area contributed by atoms with Crippen molar-refractivity contribution >= 4 is 6.09 Å². The molecule has 1 amide bonds. The van der Waals surface area contributed by atoms with E-state index in [0.29, 0.717) is 18.7 Å². The third kappa shape index (κ3) is 2.22. The summed E-state index contributed by atoms with van der Waals surface area (Å²) < 4.78 is 5.44. The van der Waals surface area contributed by atoms with Crippen molar-refractivity contribution in [2.24, 2.45) is 0 Å². The Bertz CT molecular complexity index is 402. The molecular weight excluding hydrogens is 226 g/mol. The van der Waals surface area contributed by atoms with Crippen LogP contribution in [0.15, 0.2) is 30.3 Å². The Labute approximate surface area is 108 Å². The molecule has 2 fully saturated rings. The van der Waals surface area contributed by atoms with Crippen LogP contribution < -0.4 is 0 Å². The minimum absolute atomic E-state index is 0.119. The van der Waals surface area contributed by atoms with Crippen molar-refractivity contribution in [3.8, 4) is 0 Å². The first-order valence-electron chi connectivity index (χ1n) is 6.83. The molecule has 18 heavy (non-hydrogen) atoms. The molecule has 2 aliphatic heterocycles. The number of piperidine rings is 1. The fraction of sp³-hybridized carbons (Fsp3) is 0.533. The zero-order chi connectivity index (χ0) is 12.4. The van der Waals surface area contributed by atoms with Crippen LogP contribution >= 0.6 is 0 Å². The highest BCUT2D eigenvalue weighted by atomic mass is 16.6. The number of hydrogen-bond donors (Lipinski definition) is 0. The minimum atomic E-state index is -0.119. The largest absolute Gasteiger partial charge is 0.445 e. The van der Waals surface area contributed by atoms with Gasteiger partial charge >= 0.3 is 6.09 Å². The topological polar surface area (TPSA) is 29.5 Å². The number of benzene rings is 1. The van der Waals surface area contributed by atoms with E-state index in [1.165, 1.54) is 6.42 Å². The molecule has 96 valence electrons. The number of hydrogen-bond acceptors (Lipinski definition) is 2. The van der Waals surface area contributed by atoms with Crippen molar-refractivity contribution in [1.29, 1.82) is 0 Å². The number of fused-ring (bicyclic) bond motifs is 2. The summed E-state index contributed by atoms with van der Waals surface area (Å²) in [6, 6.07) is 10.7. The number of ether oxygens (including phenoxy) is 1. The van der Waals surface area contributed by atoms with Gasteiger partial charge in [-0.2, -0.15) is 0 Å². The quantitative estimate of drug-likeness (QED) is 0.799. The fourth-order valence-electron chi connectivity index (χ4n) is 3.21. The first kappa shape index (κ1) is 11.6. The van der Waals surface area contributed by atoms with E-state index in [-0.39, 0.29) is 6.09 Å². The van der Waals surface area contributed by atoms with Gasteiger partial charge in [-0.25, -0.2) is 4.79 Å². The number of nitrogens with zero attached hydrogens (tertiary/aromatic N) is 1. The third-order valence-corrected chi connectivity index (χ3v) is 4.11. The van der Waals surface area contributed by atoms with E-state index in [4.69, 9.17) is 4.74 Å². The van der Waals surface area contributed by atoms with Crippen LogP contribution in [0, 0.1) is 0 Å². The lowest BCUT2D eigenvalue weighted by Crippen LogP contribution is -2.44. The Morgan fingerprint density at radius 2 is 1.78 bits per heavy atom. The SMILES string of the molecule is O=C(OCc1ccccc1)N1C2CCCC1CC2. The summed E-state index contributed by atoms with van der Waals surface area (Å²) in [6.07, 6.45) is 5.76. The molecule has 2 aliphatic rings. The monoisotopic (exact) mass is 245 g/mol. The van der Waals surface area contributed by atoms with Gasteiger partial charge in [0.1, 0.15) is 6.61 Å². The maximum Gasteiger partial charge on any atom is 0.410 e. The zero-order valence-electron chi connectivity index (χ0n) is 10.5. The Hall–Kier alpha value is -1.51. The van der Waals surface area contributed by atoms with Crippen LogP contribution in [0.4, 0.5) is 4.79 Å². The van der Waals surface area contributed by atoms with Gasteiger partial charge in [0, 0.05) is 12.1 Å². The maximum atomic E-state index is 12.1. The lowest BCUT2D eigenvalue weighted by Gasteiger charge is -2.33. The minimum Gasteiger partial charge on any atom is -0.445 e. The highest BCUT2D eigenvalue weighted by Crippen LogP contribution is 2.35. The van der Waals surface area contributed by atoms with E-state index in [1.54, 1.807) is 0 Å². The van der Waals surface area contributed by atoms with E-state index in [2.05, 4.69) is 0 Å². The van der Waals surface area contributed by atoms with Crippen LogP contribution in [0.2, 0.25) is 0 Å². The molecule has 2 atom stereocenters. The predicted molar refractivity (Wildman–Crippen MR) is 69.1 cm³/mol. The molecule has 2 heterocycles. The van der Waals surface area contributed by atoms with Crippen LogP contribution in [0.1, 0.15) is 37.7 Å². The molecule has 1 aromatic rings. The van der Waals surface area contributed by atoms with Gasteiger partial charge in [-0.15, -0.1) is 0 Å². The smallest absolute Gasteiger partial charge is 0.410 e. The molecule has 3 heteroatoms. The number of carbonyl (C=O) groups excluding carboxylic acids is 1. The summed E-state index contributed by atoms with van der Waals surface area (Å²) in [5.74, 6) is 0. The Kier molecular flexibility index (Phi) is 3.22. The standard InChI is InChI=1S/C15H19NO2/c17-15(18-11-12-5-2-1-3-6-12)16-13-7-4-8-14(16)10-9-13/h1-3,5-6,13-14H,4,7-11H2. The van der Waals surface area contributed by atoms with Gasteiger partial charge in [0.2, 0.25) is 0 Å². The molecule has 0 saturated carbocycles. The van der Waals surface area contributed by atoms with E-state index in [1.807, 2.05) is 35.2 Å². The van der Waals surface area contributed by atoms with Gasteiger partial charge in [-0.05, 0) is 37.7 Å². The predicted octanol–water partition coefficient (Wildman–Crippen LogP) is 3.34. The number of carbonyl (C=O) groups is 1. The molecule has 3 rings (SSSR count). The Balaban J connectivity index is 1.59. The normalized spacial score (nSPS) is 26.1. The second-order valence-corrected chi connectivity index (χ2v) is 5.26. The molecule has 0 radical (unpaired) electrons. The van der Waals surface area contributed by atoms with Crippen molar-refractivity contribution < 1.29 is 9.53 Å². The Morgan fingerprint density at radius 1 is 1.11 bits per heavy atom. The van der Waals surface area contributed by atoms with Crippen molar-refractivity contribution in [3.63, 3.8) is 0 Å². The molecule has 0 aliphatic carbocycles. The van der Waals surface area contributed by atoms with E-state index < -0.39 is 0 Å². The number of rotatable bonds is 2. The van der Waals surface area contributed by atoms with E-state index >= 15 is 0 Å². The van der Waals surface area contributed by atoms with Crippen LogP contribution in [-0.2, 0) is 11.3 Å². The molecule has 1 aromatic carbocycles. The van der Waals surface area contributed by atoms with Crippen molar-refractivity contribution in [2.75, 3.05) is 0 Å². The average Bonchev–Trinajstić information content (AvgIpc) is 2.67. The maximum absolute atomic E-state index is 12.1. The van der Waals surface area contributed by atoms with Crippen LogP contribution in [0.3, 0.4) is 0 Å². The van der Waals surface area contributed by atoms with Crippen LogP contribution in [0.5, 0.6) is 0 Å². The summed E-state index contributed by atoms with van der Waals surface area (Å²) in [7, 11) is 0. The van der Waals surface area contributed by atoms with Gasteiger partial charge in [0.05, 0.1) is 0 Å². The summed E-state index contributed by atoms with van der Waals surface area (Å²) in [5, 5.41) is 0. The highest BCUT2D eigenvalue weighted by Gasteiger charge is 2.40. The second-order valence-electron chi connectivity index (χ2n) is 5.26. The number of amides is 1. The van der Waals surface area contributed by atoms with Gasteiger partial charge in [-0.3, -0.25) is 0 Å². The highest BCUT2D eigenvalue weighted by molar-refractivity contribution is 5.69. The molecule has 2 bridgehead atoms. The second kappa shape index (κ2) is 5.01. The zero-order valence-corrected chi connectivity index (χ0v) is 10.5. The summed E-state index contributed by atoms with van der Waals surface area (Å²) >= 11 is 0. The summed E-state index contributed by atoms with van der Waals surface area (Å²) in [5.41, 5.74) is 1.05. The van der Waals surface area contributed by atoms with Crippen molar-refractivity contribution in [1.82, 2.24) is 4.90 Å². The average molecular weight is 245 g/mol. The molecular formula is C15H19NO2. The van der Waals surface area contributed by atoms with Crippen LogP contribution in [0.25, 0.3) is 0 Å². The van der Waals surface area contributed by atoms with E-state index in [9.17, 15) is 4.79 Å². The van der Waals surface area contributed by atoms with Gasteiger partial charge in [-0.1, -0.05) is 30.3 Å². The molecule has 0 spiro atoms. The molecule has 0 N–H and O–H groups in total. The lowest BCUT2D eigenvalue weighted by atomic mass is 10.0. The first-order chi connectivity index (χ1) is 8.84. The Morgan fingerprint density at radius 3 is 2.44 bits per heavy atom. The molecule has 2 saturated heterocycles. The molecule has 3 nitrogen and oxygen atoms in total. The molecule has 2 unspecified atom stereocenters. The van der Waals surface area contributed by atoms with Crippen molar-refractivity contribution in [3.05, 3.63) is 35.9 Å².